The number of hydrogen-bond acceptors (Lipinski definition) is 1. The van der Waals surface area contributed by atoms with Gasteiger partial charge in [-0.25, -0.2) is 0 Å². The number of rotatable bonds is 4. The highest BCUT2D eigenvalue weighted by atomic mass is 32.2. The fourth-order valence-electron chi connectivity index (χ4n) is 0.353. The monoisotopic (exact) mass is 154 g/mol. The normalized spacial score (nSPS) is 12.0. The summed E-state index contributed by atoms with van der Waals surface area (Å²) in [6, 6.07) is 0. The lowest BCUT2D eigenvalue weighted by Gasteiger charge is -2.11. The van der Waals surface area contributed by atoms with Crippen LogP contribution >= 0.6 is 11.8 Å². The Bertz CT molecular complexity index is 73.5. The first-order chi connectivity index (χ1) is 4.12. The van der Waals surface area contributed by atoms with Crippen molar-refractivity contribution in [2.75, 3.05) is 5.75 Å². The second-order valence-corrected chi connectivity index (χ2v) is 3.13. The predicted molar refractivity (Wildman–Crippen MR) is 38.0 cm³/mol. The number of halogens is 2. The van der Waals surface area contributed by atoms with Crippen LogP contribution in [0.25, 0.3) is 0 Å². The van der Waals surface area contributed by atoms with Gasteiger partial charge in [-0.3, -0.25) is 0 Å². The molecule has 0 bridgehead atoms. The van der Waals surface area contributed by atoms with Gasteiger partial charge in [-0.15, -0.1) is 0 Å². The Labute approximate surface area is 59.0 Å². The van der Waals surface area contributed by atoms with Gasteiger partial charge in [0.05, 0.1) is 0 Å². The van der Waals surface area contributed by atoms with E-state index in [0.29, 0.717) is 5.75 Å². The van der Waals surface area contributed by atoms with Crippen molar-refractivity contribution in [3.63, 3.8) is 0 Å². The van der Waals surface area contributed by atoms with Crippen LogP contribution in [0, 0.1) is 0 Å². The van der Waals surface area contributed by atoms with Crippen LogP contribution in [0.15, 0.2) is 0 Å². The summed E-state index contributed by atoms with van der Waals surface area (Å²) in [5.74, 6) is 0.556. The molecule has 0 rings (SSSR count). The zero-order valence-corrected chi connectivity index (χ0v) is 6.60. The molecule has 0 aliphatic rings. The van der Waals surface area contributed by atoms with Crippen molar-refractivity contribution in [2.45, 2.75) is 31.9 Å². The van der Waals surface area contributed by atoms with Gasteiger partial charge in [-0.2, -0.15) is 8.78 Å². The highest BCUT2D eigenvalue weighted by Gasteiger charge is 2.25. The molecule has 0 aromatic heterocycles. The third kappa shape index (κ3) is 4.70. The van der Waals surface area contributed by atoms with Crippen LogP contribution in [0.2, 0.25) is 0 Å². The Kier molecular flexibility index (Phi) is 4.19. The van der Waals surface area contributed by atoms with Crippen molar-refractivity contribution in [3.05, 3.63) is 0 Å². The van der Waals surface area contributed by atoms with Crippen molar-refractivity contribution in [3.8, 4) is 0 Å². The van der Waals surface area contributed by atoms with E-state index in [9.17, 15) is 8.78 Å². The average Bonchev–Trinajstić information content (AvgIpc) is 1.84. The molecule has 0 unspecified atom stereocenters. The molecule has 0 saturated heterocycles. The van der Waals surface area contributed by atoms with Crippen molar-refractivity contribution in [2.24, 2.45) is 0 Å². The highest BCUT2D eigenvalue weighted by molar-refractivity contribution is 8.00. The van der Waals surface area contributed by atoms with E-state index < -0.39 is 5.25 Å². The average molecular weight is 154 g/mol. The number of thioether (sulfide) groups is 1. The van der Waals surface area contributed by atoms with Crippen LogP contribution in [-0.2, 0) is 0 Å². The largest absolute Gasteiger partial charge is 0.293 e. The molecule has 0 N–H and O–H groups in total. The van der Waals surface area contributed by atoms with E-state index in [4.69, 9.17) is 0 Å². The minimum atomic E-state index is -2.49. The maximum Gasteiger partial charge on any atom is 0.293 e. The lowest BCUT2D eigenvalue weighted by atomic mass is 10.5. The first-order valence-electron chi connectivity index (χ1n) is 3.14. The quantitative estimate of drug-likeness (QED) is 0.599. The molecule has 0 heterocycles. The zero-order chi connectivity index (χ0) is 7.33. The van der Waals surface area contributed by atoms with Crippen LogP contribution in [0.3, 0.4) is 0 Å². The Morgan fingerprint density at radius 1 is 1.33 bits per heavy atom. The molecular formula is C6H12F2S. The minimum Gasteiger partial charge on any atom is -0.194 e. The smallest absolute Gasteiger partial charge is 0.194 e. The van der Waals surface area contributed by atoms with Gasteiger partial charge in [0.25, 0.3) is 5.25 Å². The van der Waals surface area contributed by atoms with E-state index >= 15 is 0 Å². The fourth-order valence-corrected chi connectivity index (χ4v) is 1.06. The summed E-state index contributed by atoms with van der Waals surface area (Å²) in [5.41, 5.74) is 0. The van der Waals surface area contributed by atoms with Gasteiger partial charge in [-0.05, 0) is 12.2 Å². The maximum atomic E-state index is 12.3. The standard InChI is InChI=1S/C6H12F2S/c1-3-5-9-6(7,8)4-2/h3-5H2,1-2H3. The number of hydrogen-bond donors (Lipinski definition) is 0. The lowest BCUT2D eigenvalue weighted by molar-refractivity contribution is 0.102. The summed E-state index contributed by atoms with van der Waals surface area (Å²) in [4.78, 5) is 0. The molecular weight excluding hydrogens is 142 g/mol. The first kappa shape index (κ1) is 9.21. The molecule has 0 aromatic rings. The van der Waals surface area contributed by atoms with Crippen LogP contribution in [0.5, 0.6) is 0 Å². The van der Waals surface area contributed by atoms with E-state index in [1.165, 1.54) is 6.92 Å². The van der Waals surface area contributed by atoms with Gasteiger partial charge >= 0.3 is 0 Å². The molecule has 0 nitrogen and oxygen atoms in total. The van der Waals surface area contributed by atoms with Gasteiger partial charge in [0, 0.05) is 6.42 Å². The van der Waals surface area contributed by atoms with Crippen molar-refractivity contribution in [1.29, 1.82) is 0 Å². The molecule has 0 aliphatic heterocycles. The minimum absolute atomic E-state index is 0.0579. The van der Waals surface area contributed by atoms with Gasteiger partial charge in [0.1, 0.15) is 0 Å². The Morgan fingerprint density at radius 3 is 2.22 bits per heavy atom. The molecule has 3 heteroatoms. The molecule has 0 atom stereocenters. The molecule has 0 spiro atoms. The second kappa shape index (κ2) is 4.09. The van der Waals surface area contributed by atoms with Crippen molar-refractivity contribution < 1.29 is 8.78 Å². The van der Waals surface area contributed by atoms with Gasteiger partial charge in [0.2, 0.25) is 0 Å². The van der Waals surface area contributed by atoms with E-state index in [1.807, 2.05) is 6.92 Å². The maximum absolute atomic E-state index is 12.3. The van der Waals surface area contributed by atoms with Crippen LogP contribution < -0.4 is 0 Å². The number of alkyl halides is 2. The molecule has 0 radical (unpaired) electrons. The third-order valence-corrected chi connectivity index (χ3v) is 2.25. The summed E-state index contributed by atoms with van der Waals surface area (Å²) in [6.07, 6.45) is 0.762. The summed E-state index contributed by atoms with van der Waals surface area (Å²) < 4.78 is 24.6. The van der Waals surface area contributed by atoms with Crippen LogP contribution in [0.4, 0.5) is 8.78 Å². The van der Waals surface area contributed by atoms with Crippen molar-refractivity contribution >= 4 is 11.8 Å². The topological polar surface area (TPSA) is 0 Å². The second-order valence-electron chi connectivity index (χ2n) is 1.84. The van der Waals surface area contributed by atoms with Crippen LogP contribution in [0.1, 0.15) is 26.7 Å². The Balaban J connectivity index is 3.33. The fraction of sp³-hybridized carbons (Fsp3) is 1.00. The molecule has 0 aromatic carbocycles. The zero-order valence-electron chi connectivity index (χ0n) is 5.79. The Hall–Kier alpha value is 0.210. The van der Waals surface area contributed by atoms with E-state index in [-0.39, 0.29) is 6.42 Å². The van der Waals surface area contributed by atoms with Gasteiger partial charge in [-0.1, -0.05) is 25.6 Å². The third-order valence-electron chi connectivity index (χ3n) is 0.929. The summed E-state index contributed by atoms with van der Waals surface area (Å²) >= 11 is 0.745. The molecule has 0 fully saturated rings. The molecule has 0 amide bonds. The Morgan fingerprint density at radius 2 is 1.89 bits per heavy atom. The molecule has 9 heavy (non-hydrogen) atoms. The first-order valence-corrected chi connectivity index (χ1v) is 4.12. The lowest BCUT2D eigenvalue weighted by Crippen LogP contribution is -2.08. The van der Waals surface area contributed by atoms with Crippen LogP contribution in [-0.4, -0.2) is 11.0 Å². The van der Waals surface area contributed by atoms with Gasteiger partial charge < -0.3 is 0 Å². The van der Waals surface area contributed by atoms with E-state index in [0.717, 1.165) is 18.2 Å². The molecule has 0 saturated carbocycles. The predicted octanol–water partition coefficient (Wildman–Crippen LogP) is 3.13. The molecule has 0 aliphatic carbocycles. The summed E-state index contributed by atoms with van der Waals surface area (Å²) in [7, 11) is 0. The SMILES string of the molecule is CCCSC(F)(F)CC. The van der Waals surface area contributed by atoms with Gasteiger partial charge in [0.15, 0.2) is 0 Å². The summed E-state index contributed by atoms with van der Waals surface area (Å²) in [6.45, 7) is 3.40. The summed E-state index contributed by atoms with van der Waals surface area (Å²) in [5, 5.41) is -2.49. The highest BCUT2D eigenvalue weighted by Crippen LogP contribution is 2.32. The van der Waals surface area contributed by atoms with E-state index in [1.54, 1.807) is 0 Å². The van der Waals surface area contributed by atoms with Crippen molar-refractivity contribution in [1.82, 2.24) is 0 Å². The van der Waals surface area contributed by atoms with E-state index in [2.05, 4.69) is 0 Å². The molecule has 56 valence electrons.